The monoisotopic (exact) mass is 241 g/mol. The van der Waals surface area contributed by atoms with Gasteiger partial charge in [0.2, 0.25) is 0 Å². The lowest BCUT2D eigenvalue weighted by atomic mass is 9.96. The highest BCUT2D eigenvalue weighted by atomic mass is 16.6. The third kappa shape index (κ3) is 2.12. The summed E-state index contributed by atoms with van der Waals surface area (Å²) in [5.41, 5.74) is 5.17. The molecule has 0 aliphatic rings. The van der Waals surface area contributed by atoms with Gasteiger partial charge in [-0.2, -0.15) is 0 Å². The maximum Gasteiger partial charge on any atom is 0.272 e. The van der Waals surface area contributed by atoms with Crippen LogP contribution < -0.4 is 0 Å². The largest absolute Gasteiger partial charge is 0.272 e. The summed E-state index contributed by atoms with van der Waals surface area (Å²) >= 11 is 0. The Morgan fingerprint density at radius 2 is 1.72 bits per heavy atom. The molecule has 3 heteroatoms. The van der Waals surface area contributed by atoms with E-state index in [0.29, 0.717) is 5.56 Å². The van der Waals surface area contributed by atoms with E-state index in [1.165, 1.54) is 5.56 Å². The summed E-state index contributed by atoms with van der Waals surface area (Å²) in [6, 6.07) is 11.4. The Balaban J connectivity index is 2.62. The summed E-state index contributed by atoms with van der Waals surface area (Å²) in [4.78, 5) is 10.6. The highest BCUT2D eigenvalue weighted by molar-refractivity contribution is 5.71. The lowest BCUT2D eigenvalue weighted by Gasteiger charge is -2.09. The maximum absolute atomic E-state index is 11.0. The Bertz CT molecular complexity index is 618. The van der Waals surface area contributed by atoms with E-state index in [0.717, 1.165) is 16.7 Å². The minimum absolute atomic E-state index is 0.174. The van der Waals surface area contributed by atoms with Gasteiger partial charge in [-0.1, -0.05) is 30.3 Å². The van der Waals surface area contributed by atoms with Crippen LogP contribution in [0.5, 0.6) is 0 Å². The third-order valence-corrected chi connectivity index (χ3v) is 3.32. The molecule has 3 nitrogen and oxygen atoms in total. The highest BCUT2D eigenvalue weighted by Gasteiger charge is 2.13. The van der Waals surface area contributed by atoms with Crippen molar-refractivity contribution in [1.29, 1.82) is 0 Å². The number of nitro benzene ring substituents is 1. The van der Waals surface area contributed by atoms with Crippen molar-refractivity contribution in [2.75, 3.05) is 0 Å². The van der Waals surface area contributed by atoms with Crippen LogP contribution in [0.15, 0.2) is 36.4 Å². The molecule has 2 rings (SSSR count). The van der Waals surface area contributed by atoms with Crippen molar-refractivity contribution >= 4 is 5.69 Å². The van der Waals surface area contributed by atoms with E-state index in [4.69, 9.17) is 0 Å². The van der Waals surface area contributed by atoms with Crippen LogP contribution in [-0.2, 0) is 0 Å². The third-order valence-electron chi connectivity index (χ3n) is 3.32. The Kier molecular flexibility index (Phi) is 3.15. The lowest BCUT2D eigenvalue weighted by Crippen LogP contribution is -1.93. The van der Waals surface area contributed by atoms with E-state index >= 15 is 0 Å². The first-order chi connectivity index (χ1) is 8.50. The molecule has 2 aromatic rings. The van der Waals surface area contributed by atoms with Crippen LogP contribution in [0, 0.1) is 30.9 Å². The van der Waals surface area contributed by atoms with E-state index in [9.17, 15) is 10.1 Å². The van der Waals surface area contributed by atoms with E-state index in [2.05, 4.69) is 0 Å². The fourth-order valence-corrected chi connectivity index (χ4v) is 2.04. The van der Waals surface area contributed by atoms with Crippen molar-refractivity contribution in [3.8, 4) is 11.1 Å². The molecular weight excluding hydrogens is 226 g/mol. The van der Waals surface area contributed by atoms with Crippen LogP contribution in [-0.4, -0.2) is 4.92 Å². The number of rotatable bonds is 2. The average Bonchev–Trinajstić information content (AvgIpc) is 2.33. The van der Waals surface area contributed by atoms with Crippen molar-refractivity contribution in [3.63, 3.8) is 0 Å². The molecule has 0 spiro atoms. The predicted molar refractivity (Wildman–Crippen MR) is 72.7 cm³/mol. The van der Waals surface area contributed by atoms with Crippen LogP contribution in [0.1, 0.15) is 16.7 Å². The first kappa shape index (κ1) is 12.3. The SMILES string of the molecule is Cc1ccc(-c2cccc(C)c2C)cc1[N+](=O)[O-]. The zero-order valence-corrected chi connectivity index (χ0v) is 10.7. The molecule has 0 fully saturated rings. The van der Waals surface area contributed by atoms with Gasteiger partial charge in [0.1, 0.15) is 0 Å². The average molecular weight is 241 g/mol. The van der Waals surface area contributed by atoms with Crippen LogP contribution in [0.3, 0.4) is 0 Å². The lowest BCUT2D eigenvalue weighted by molar-refractivity contribution is -0.385. The quantitative estimate of drug-likeness (QED) is 0.584. The van der Waals surface area contributed by atoms with Crippen molar-refractivity contribution in [2.45, 2.75) is 20.8 Å². The standard InChI is InChI=1S/C15H15NO2/c1-10-5-4-6-14(12(10)3)13-8-7-11(2)15(9-13)16(17)18/h4-9H,1-3H3. The Morgan fingerprint density at radius 1 is 1.00 bits per heavy atom. The number of hydrogen-bond acceptors (Lipinski definition) is 2. The molecule has 0 amide bonds. The second-order valence-corrected chi connectivity index (χ2v) is 4.51. The normalized spacial score (nSPS) is 10.4. The van der Waals surface area contributed by atoms with Gasteiger partial charge in [-0.05, 0) is 43.0 Å². The van der Waals surface area contributed by atoms with E-state index < -0.39 is 0 Å². The summed E-state index contributed by atoms with van der Waals surface area (Å²) in [5.74, 6) is 0. The van der Waals surface area contributed by atoms with Gasteiger partial charge in [-0.15, -0.1) is 0 Å². The van der Waals surface area contributed by atoms with Crippen molar-refractivity contribution < 1.29 is 4.92 Å². The molecule has 0 aliphatic carbocycles. The second kappa shape index (κ2) is 4.61. The Morgan fingerprint density at radius 3 is 2.39 bits per heavy atom. The summed E-state index contributed by atoms with van der Waals surface area (Å²) < 4.78 is 0. The summed E-state index contributed by atoms with van der Waals surface area (Å²) in [6.07, 6.45) is 0. The van der Waals surface area contributed by atoms with Gasteiger partial charge in [0.25, 0.3) is 5.69 Å². The molecule has 0 saturated heterocycles. The van der Waals surface area contributed by atoms with Crippen LogP contribution in [0.25, 0.3) is 11.1 Å². The smallest absolute Gasteiger partial charge is 0.258 e. The van der Waals surface area contributed by atoms with Gasteiger partial charge in [0.05, 0.1) is 4.92 Å². The Labute approximate surface area is 106 Å². The zero-order chi connectivity index (χ0) is 13.3. The Hall–Kier alpha value is -2.16. The van der Waals surface area contributed by atoms with Gasteiger partial charge >= 0.3 is 0 Å². The predicted octanol–water partition coefficient (Wildman–Crippen LogP) is 4.19. The zero-order valence-electron chi connectivity index (χ0n) is 10.7. The summed E-state index contributed by atoms with van der Waals surface area (Å²) in [6.45, 7) is 5.84. The molecule has 0 saturated carbocycles. The minimum Gasteiger partial charge on any atom is -0.258 e. The topological polar surface area (TPSA) is 43.1 Å². The van der Waals surface area contributed by atoms with Gasteiger partial charge in [-0.25, -0.2) is 0 Å². The first-order valence-corrected chi connectivity index (χ1v) is 5.82. The molecule has 0 aliphatic heterocycles. The number of nitro groups is 1. The maximum atomic E-state index is 11.0. The molecule has 0 atom stereocenters. The summed E-state index contributed by atoms with van der Waals surface area (Å²) in [7, 11) is 0. The summed E-state index contributed by atoms with van der Waals surface area (Å²) in [5, 5.41) is 11.0. The van der Waals surface area contributed by atoms with Gasteiger partial charge in [0, 0.05) is 11.6 Å². The van der Waals surface area contributed by atoms with Gasteiger partial charge < -0.3 is 0 Å². The highest BCUT2D eigenvalue weighted by Crippen LogP contribution is 2.29. The fourth-order valence-electron chi connectivity index (χ4n) is 2.04. The van der Waals surface area contributed by atoms with E-state index in [1.54, 1.807) is 19.1 Å². The molecule has 2 aromatic carbocycles. The minimum atomic E-state index is -0.329. The van der Waals surface area contributed by atoms with Crippen LogP contribution in [0.4, 0.5) is 5.69 Å². The van der Waals surface area contributed by atoms with E-state index in [1.807, 2.05) is 38.1 Å². The molecule has 92 valence electrons. The second-order valence-electron chi connectivity index (χ2n) is 4.51. The van der Waals surface area contributed by atoms with Crippen molar-refractivity contribution in [1.82, 2.24) is 0 Å². The molecule has 0 unspecified atom stereocenters. The molecular formula is C15H15NO2. The van der Waals surface area contributed by atoms with E-state index in [-0.39, 0.29) is 10.6 Å². The van der Waals surface area contributed by atoms with Crippen molar-refractivity contribution in [2.24, 2.45) is 0 Å². The molecule has 0 N–H and O–H groups in total. The van der Waals surface area contributed by atoms with Crippen LogP contribution >= 0.6 is 0 Å². The molecule has 0 bridgehead atoms. The number of benzene rings is 2. The van der Waals surface area contributed by atoms with Crippen molar-refractivity contribution in [3.05, 3.63) is 63.2 Å². The van der Waals surface area contributed by atoms with Crippen LogP contribution in [0.2, 0.25) is 0 Å². The number of nitrogens with zero attached hydrogens (tertiary/aromatic N) is 1. The fraction of sp³-hybridized carbons (Fsp3) is 0.200. The molecule has 18 heavy (non-hydrogen) atoms. The van der Waals surface area contributed by atoms with Gasteiger partial charge in [-0.3, -0.25) is 10.1 Å². The van der Waals surface area contributed by atoms with Gasteiger partial charge in [0.15, 0.2) is 0 Å². The first-order valence-electron chi connectivity index (χ1n) is 5.82. The number of aryl methyl sites for hydroxylation is 2. The molecule has 0 radical (unpaired) electrons. The molecule has 0 aromatic heterocycles. The molecule has 0 heterocycles. The number of hydrogen-bond donors (Lipinski definition) is 0.